The van der Waals surface area contributed by atoms with Gasteiger partial charge in [-0.2, -0.15) is 0 Å². The van der Waals surface area contributed by atoms with Gasteiger partial charge in [-0.05, 0) is 31.7 Å². The van der Waals surface area contributed by atoms with Crippen LogP contribution in [0.3, 0.4) is 0 Å². The maximum Gasteiger partial charge on any atom is 0.147 e. The Kier molecular flexibility index (Phi) is 3.67. The first kappa shape index (κ1) is 12.8. The van der Waals surface area contributed by atoms with Crippen LogP contribution < -0.4 is 5.32 Å². The molecule has 2 heterocycles. The highest BCUT2D eigenvalue weighted by Gasteiger charge is 2.44. The Morgan fingerprint density at radius 1 is 1.32 bits per heavy atom. The fourth-order valence-electron chi connectivity index (χ4n) is 3.45. The van der Waals surface area contributed by atoms with Gasteiger partial charge >= 0.3 is 0 Å². The van der Waals surface area contributed by atoms with E-state index >= 15 is 0 Å². The molecule has 1 N–H and O–H groups in total. The Balaban J connectivity index is 1.63. The minimum absolute atomic E-state index is 0.00766. The summed E-state index contributed by atoms with van der Waals surface area (Å²) in [6, 6.07) is 10.7. The van der Waals surface area contributed by atoms with Gasteiger partial charge in [-0.1, -0.05) is 30.3 Å². The number of piperidine rings is 2. The summed E-state index contributed by atoms with van der Waals surface area (Å²) in [5, 5.41) is 3.45. The number of fused-ring (bicyclic) bond motifs is 3. The molecule has 1 aromatic carbocycles. The molecule has 3 heteroatoms. The second-order valence-electron chi connectivity index (χ2n) is 5.76. The molecule has 2 bridgehead atoms. The average Bonchev–Trinajstić information content (AvgIpc) is 2.46. The van der Waals surface area contributed by atoms with Crippen molar-refractivity contribution in [2.75, 3.05) is 0 Å². The third kappa shape index (κ3) is 2.72. The van der Waals surface area contributed by atoms with Crippen molar-refractivity contribution in [1.82, 2.24) is 5.32 Å². The van der Waals surface area contributed by atoms with E-state index in [0.29, 0.717) is 18.6 Å². The summed E-state index contributed by atoms with van der Waals surface area (Å²) in [4.78, 5) is 11.7. The summed E-state index contributed by atoms with van der Waals surface area (Å²) in [5.41, 5.74) is 1.20. The monoisotopic (exact) mass is 259 g/mol. The van der Waals surface area contributed by atoms with Crippen LogP contribution >= 0.6 is 0 Å². The number of nitrogens with one attached hydrogen (secondary N) is 1. The van der Waals surface area contributed by atoms with Crippen LogP contribution in [-0.2, 0) is 16.1 Å². The second-order valence-corrected chi connectivity index (χ2v) is 5.76. The average molecular weight is 259 g/mol. The van der Waals surface area contributed by atoms with E-state index in [0.717, 1.165) is 12.8 Å². The number of ketones is 1. The van der Waals surface area contributed by atoms with Crippen LogP contribution in [0.1, 0.15) is 31.7 Å². The molecule has 3 nitrogen and oxygen atoms in total. The van der Waals surface area contributed by atoms with Crippen LogP contribution in [0.2, 0.25) is 0 Å². The Morgan fingerprint density at radius 2 is 2.11 bits per heavy atom. The largest absolute Gasteiger partial charge is 0.373 e. The van der Waals surface area contributed by atoms with Gasteiger partial charge in [0.25, 0.3) is 0 Å². The molecule has 0 spiro atoms. The molecule has 0 aromatic heterocycles. The number of rotatable bonds is 4. The van der Waals surface area contributed by atoms with Crippen molar-refractivity contribution in [2.45, 2.75) is 51.0 Å². The van der Waals surface area contributed by atoms with E-state index in [1.807, 2.05) is 18.2 Å². The Morgan fingerprint density at radius 3 is 2.79 bits per heavy atom. The molecule has 1 aliphatic carbocycles. The summed E-state index contributed by atoms with van der Waals surface area (Å²) in [7, 11) is 0. The zero-order valence-corrected chi connectivity index (χ0v) is 11.3. The Labute approximate surface area is 114 Å². The van der Waals surface area contributed by atoms with Gasteiger partial charge in [0.05, 0.1) is 18.8 Å². The van der Waals surface area contributed by atoms with Crippen LogP contribution in [-0.4, -0.2) is 24.0 Å². The van der Waals surface area contributed by atoms with Crippen LogP contribution in [0.4, 0.5) is 0 Å². The fraction of sp³-hybridized carbons (Fsp3) is 0.562. The molecule has 1 aromatic rings. The Hall–Kier alpha value is -1.19. The lowest BCUT2D eigenvalue weighted by molar-refractivity contribution is -0.129. The van der Waals surface area contributed by atoms with Gasteiger partial charge in [0.2, 0.25) is 0 Å². The van der Waals surface area contributed by atoms with Crippen LogP contribution in [0.25, 0.3) is 0 Å². The van der Waals surface area contributed by atoms with E-state index in [1.54, 1.807) is 6.92 Å². The van der Waals surface area contributed by atoms with E-state index in [-0.39, 0.29) is 17.9 Å². The smallest absolute Gasteiger partial charge is 0.147 e. The lowest BCUT2D eigenvalue weighted by Gasteiger charge is -2.47. The first-order valence-corrected chi connectivity index (χ1v) is 7.16. The number of hydrogen-bond acceptors (Lipinski definition) is 3. The molecule has 4 rings (SSSR count). The van der Waals surface area contributed by atoms with Gasteiger partial charge in [0, 0.05) is 12.0 Å². The number of benzene rings is 1. The SMILES string of the molecule is CC(=O)[C@H]1N[C@H]2CC[C@@H]1[C@H](OCc1ccccc1)C2. The number of Topliss-reactive ketones (excluding diaryl/α,β-unsaturated/α-hetero) is 1. The fourth-order valence-corrected chi connectivity index (χ4v) is 3.45. The third-order valence-electron chi connectivity index (χ3n) is 4.43. The second kappa shape index (κ2) is 5.43. The molecule has 3 aliphatic rings. The molecule has 0 amide bonds. The molecule has 19 heavy (non-hydrogen) atoms. The third-order valence-corrected chi connectivity index (χ3v) is 4.43. The predicted octanol–water partition coefficient (Wildman–Crippen LogP) is 2.30. The van der Waals surface area contributed by atoms with Crippen molar-refractivity contribution in [3.05, 3.63) is 35.9 Å². The van der Waals surface area contributed by atoms with Crippen molar-refractivity contribution in [2.24, 2.45) is 5.92 Å². The molecule has 0 radical (unpaired) electrons. The minimum Gasteiger partial charge on any atom is -0.373 e. The molecule has 2 aliphatic heterocycles. The first-order valence-electron chi connectivity index (χ1n) is 7.16. The lowest BCUT2D eigenvalue weighted by Crippen LogP contribution is -2.61. The van der Waals surface area contributed by atoms with Crippen molar-refractivity contribution in [3.8, 4) is 0 Å². The standard InChI is InChI=1S/C16H21NO2/c1-11(18)16-14-8-7-13(17-16)9-15(14)19-10-12-5-3-2-4-6-12/h2-6,13-17H,7-10H2,1H3/t13-,14+,15+,16+/m0/s1. The van der Waals surface area contributed by atoms with Crippen LogP contribution in [0.15, 0.2) is 30.3 Å². The van der Waals surface area contributed by atoms with E-state index in [9.17, 15) is 4.79 Å². The highest BCUT2D eigenvalue weighted by Crippen LogP contribution is 2.36. The van der Waals surface area contributed by atoms with E-state index in [2.05, 4.69) is 17.4 Å². The molecule has 2 saturated heterocycles. The Bertz CT molecular complexity index is 445. The minimum atomic E-state index is 0.00766. The van der Waals surface area contributed by atoms with Crippen molar-refractivity contribution in [3.63, 3.8) is 0 Å². The molecular weight excluding hydrogens is 238 g/mol. The topological polar surface area (TPSA) is 38.3 Å². The highest BCUT2D eigenvalue weighted by molar-refractivity contribution is 5.82. The van der Waals surface area contributed by atoms with E-state index in [1.165, 1.54) is 12.0 Å². The van der Waals surface area contributed by atoms with E-state index in [4.69, 9.17) is 4.74 Å². The molecule has 102 valence electrons. The van der Waals surface area contributed by atoms with Gasteiger partial charge in [0.1, 0.15) is 5.78 Å². The summed E-state index contributed by atoms with van der Waals surface area (Å²) >= 11 is 0. The predicted molar refractivity (Wildman–Crippen MR) is 73.8 cm³/mol. The molecule has 4 atom stereocenters. The van der Waals surface area contributed by atoms with E-state index < -0.39 is 0 Å². The first-order chi connectivity index (χ1) is 9.24. The van der Waals surface area contributed by atoms with Gasteiger partial charge < -0.3 is 10.1 Å². The zero-order valence-electron chi connectivity index (χ0n) is 11.3. The number of hydrogen-bond donors (Lipinski definition) is 1. The summed E-state index contributed by atoms with van der Waals surface area (Å²) in [5.74, 6) is 0.605. The van der Waals surface area contributed by atoms with Gasteiger partial charge in [0.15, 0.2) is 0 Å². The summed E-state index contributed by atoms with van der Waals surface area (Å²) < 4.78 is 6.09. The number of carbonyl (C=O) groups excluding carboxylic acids is 1. The van der Waals surface area contributed by atoms with Crippen molar-refractivity contribution in [1.29, 1.82) is 0 Å². The van der Waals surface area contributed by atoms with Gasteiger partial charge in [-0.25, -0.2) is 0 Å². The van der Waals surface area contributed by atoms with Crippen LogP contribution in [0, 0.1) is 5.92 Å². The molecule has 1 saturated carbocycles. The number of ether oxygens (including phenoxy) is 1. The highest BCUT2D eigenvalue weighted by atomic mass is 16.5. The lowest BCUT2D eigenvalue weighted by atomic mass is 9.73. The quantitative estimate of drug-likeness (QED) is 0.901. The maximum absolute atomic E-state index is 11.7. The van der Waals surface area contributed by atoms with Gasteiger partial charge in [-0.15, -0.1) is 0 Å². The molecular formula is C16H21NO2. The van der Waals surface area contributed by atoms with Crippen molar-refractivity contribution < 1.29 is 9.53 Å². The maximum atomic E-state index is 11.7. The van der Waals surface area contributed by atoms with Crippen LogP contribution in [0.5, 0.6) is 0 Å². The van der Waals surface area contributed by atoms with Crippen molar-refractivity contribution >= 4 is 5.78 Å². The van der Waals surface area contributed by atoms with Gasteiger partial charge in [-0.3, -0.25) is 4.79 Å². The summed E-state index contributed by atoms with van der Waals surface area (Å²) in [6.45, 7) is 2.34. The molecule has 3 fully saturated rings. The number of carbonyl (C=O) groups is 1. The summed E-state index contributed by atoms with van der Waals surface area (Å²) in [6.07, 6.45) is 3.57. The zero-order chi connectivity index (χ0) is 13.2. The molecule has 0 unspecified atom stereocenters. The normalized spacial score (nSPS) is 33.3.